The van der Waals surface area contributed by atoms with Crippen LogP contribution in [0.1, 0.15) is 58.2 Å². The Kier molecular flexibility index (Phi) is 6.10. The molecule has 0 aliphatic rings. The quantitative estimate of drug-likeness (QED) is 0.565. The van der Waals surface area contributed by atoms with Gasteiger partial charge in [-0.2, -0.15) is 13.2 Å². The molecule has 3 nitrogen and oxygen atoms in total. The van der Waals surface area contributed by atoms with E-state index >= 15 is 0 Å². The fourth-order valence-electron chi connectivity index (χ4n) is 2.66. The first-order chi connectivity index (χ1) is 12.9. The first-order valence-electron chi connectivity index (χ1n) is 8.97. The third kappa shape index (κ3) is 5.66. The Morgan fingerprint density at radius 3 is 1.72 bits per heavy atom. The molecule has 0 aliphatic heterocycles. The van der Waals surface area contributed by atoms with E-state index in [0.29, 0.717) is 11.8 Å². The number of alkyl halides is 3. The van der Waals surface area contributed by atoms with Crippen molar-refractivity contribution < 1.29 is 21.6 Å². The van der Waals surface area contributed by atoms with Gasteiger partial charge in [-0.1, -0.05) is 59.2 Å². The second-order valence-electron chi connectivity index (χ2n) is 9.04. The molecular formula is C21H25ClF3NO2S. The van der Waals surface area contributed by atoms with Gasteiger partial charge in [-0.25, -0.2) is 8.42 Å². The second-order valence-corrected chi connectivity index (χ2v) is 11.1. The summed E-state index contributed by atoms with van der Waals surface area (Å²) < 4.78 is 67.3. The Labute approximate surface area is 175 Å². The number of hydrogen-bond acceptors (Lipinski definition) is 2. The van der Waals surface area contributed by atoms with Crippen LogP contribution in [0.5, 0.6) is 0 Å². The highest BCUT2D eigenvalue weighted by Gasteiger charge is 2.34. The summed E-state index contributed by atoms with van der Waals surface area (Å²) >= 11 is 5.60. The largest absolute Gasteiger partial charge is 0.417 e. The lowest BCUT2D eigenvalue weighted by Gasteiger charge is -2.26. The number of halogens is 4. The SMILES string of the molecule is CC(C)(C)c1cc(NS(=O)(=O)c2ccc(Cl)c(C(F)(F)F)c2)cc(C(C)(C)C)c1. The van der Waals surface area contributed by atoms with Gasteiger partial charge in [0.25, 0.3) is 10.0 Å². The molecule has 0 aromatic heterocycles. The Balaban J connectivity index is 2.55. The lowest BCUT2D eigenvalue weighted by Crippen LogP contribution is -2.19. The molecule has 2 aromatic rings. The lowest BCUT2D eigenvalue weighted by molar-refractivity contribution is -0.137. The molecule has 0 radical (unpaired) electrons. The van der Waals surface area contributed by atoms with E-state index in [2.05, 4.69) is 4.72 Å². The Bertz CT molecular complexity index is 985. The molecule has 2 aromatic carbocycles. The summed E-state index contributed by atoms with van der Waals surface area (Å²) in [6, 6.07) is 7.95. The second kappa shape index (κ2) is 7.51. The summed E-state index contributed by atoms with van der Waals surface area (Å²) in [5.74, 6) is 0. The maximum absolute atomic E-state index is 13.1. The summed E-state index contributed by atoms with van der Waals surface area (Å²) in [4.78, 5) is -0.507. The number of sulfonamides is 1. The molecule has 0 fully saturated rings. The van der Waals surface area contributed by atoms with Crippen LogP contribution in [0.15, 0.2) is 41.3 Å². The van der Waals surface area contributed by atoms with Crippen LogP contribution < -0.4 is 4.72 Å². The number of benzene rings is 2. The van der Waals surface area contributed by atoms with Crippen molar-refractivity contribution in [2.75, 3.05) is 4.72 Å². The van der Waals surface area contributed by atoms with E-state index in [0.717, 1.165) is 23.3 Å². The van der Waals surface area contributed by atoms with E-state index in [-0.39, 0.29) is 10.8 Å². The predicted molar refractivity (Wildman–Crippen MR) is 111 cm³/mol. The van der Waals surface area contributed by atoms with Gasteiger partial charge in [-0.15, -0.1) is 0 Å². The highest BCUT2D eigenvalue weighted by molar-refractivity contribution is 7.92. The molecule has 29 heavy (non-hydrogen) atoms. The van der Waals surface area contributed by atoms with Crippen LogP contribution in [0, 0.1) is 0 Å². The molecule has 0 unspecified atom stereocenters. The van der Waals surface area contributed by atoms with Crippen molar-refractivity contribution in [2.24, 2.45) is 0 Å². The molecule has 8 heteroatoms. The van der Waals surface area contributed by atoms with Gasteiger partial charge in [-0.3, -0.25) is 4.72 Å². The Morgan fingerprint density at radius 1 is 0.828 bits per heavy atom. The zero-order valence-corrected chi connectivity index (χ0v) is 18.8. The number of hydrogen-bond donors (Lipinski definition) is 1. The zero-order valence-electron chi connectivity index (χ0n) is 17.2. The maximum atomic E-state index is 13.1. The summed E-state index contributed by atoms with van der Waals surface area (Å²) in [6.07, 6.45) is -4.76. The first kappa shape index (κ1) is 23.5. The van der Waals surface area contributed by atoms with Crippen LogP contribution in [0.4, 0.5) is 18.9 Å². The molecule has 2 rings (SSSR count). The van der Waals surface area contributed by atoms with Crippen LogP contribution >= 0.6 is 11.6 Å². The average molecular weight is 448 g/mol. The molecule has 0 saturated heterocycles. The van der Waals surface area contributed by atoms with Crippen molar-refractivity contribution in [3.63, 3.8) is 0 Å². The van der Waals surface area contributed by atoms with Crippen molar-refractivity contribution in [1.82, 2.24) is 0 Å². The first-order valence-corrected chi connectivity index (χ1v) is 10.8. The summed E-state index contributed by atoms with van der Waals surface area (Å²) in [6.45, 7) is 12.0. The Hall–Kier alpha value is -1.73. The zero-order chi connectivity index (χ0) is 22.4. The van der Waals surface area contributed by atoms with Crippen molar-refractivity contribution in [3.8, 4) is 0 Å². The van der Waals surface area contributed by atoms with Crippen LogP contribution in [0.3, 0.4) is 0 Å². The third-order valence-electron chi connectivity index (χ3n) is 4.47. The minimum absolute atomic E-state index is 0.245. The topological polar surface area (TPSA) is 46.2 Å². The van der Waals surface area contributed by atoms with Gasteiger partial charge >= 0.3 is 6.18 Å². The van der Waals surface area contributed by atoms with Gasteiger partial charge < -0.3 is 0 Å². The molecule has 0 heterocycles. The van der Waals surface area contributed by atoms with Crippen molar-refractivity contribution in [2.45, 2.75) is 63.4 Å². The fourth-order valence-corrected chi connectivity index (χ4v) is 3.95. The number of anilines is 1. The smallest absolute Gasteiger partial charge is 0.280 e. The van der Waals surface area contributed by atoms with Gasteiger partial charge in [0.2, 0.25) is 0 Å². The molecule has 0 atom stereocenters. The average Bonchev–Trinajstić information content (AvgIpc) is 2.51. The van der Waals surface area contributed by atoms with Gasteiger partial charge in [0.05, 0.1) is 15.5 Å². The number of rotatable bonds is 3. The highest BCUT2D eigenvalue weighted by atomic mass is 35.5. The van der Waals surface area contributed by atoms with Crippen LogP contribution in [-0.2, 0) is 27.0 Å². The number of nitrogens with one attached hydrogen (secondary N) is 1. The van der Waals surface area contributed by atoms with E-state index in [1.54, 1.807) is 12.1 Å². The molecular weight excluding hydrogens is 423 g/mol. The van der Waals surface area contributed by atoms with Crippen LogP contribution in [0.25, 0.3) is 0 Å². The summed E-state index contributed by atoms with van der Waals surface area (Å²) in [7, 11) is -4.25. The molecule has 0 spiro atoms. The molecule has 0 aliphatic carbocycles. The Morgan fingerprint density at radius 2 is 1.31 bits per heavy atom. The van der Waals surface area contributed by atoms with Gasteiger partial charge in [0.15, 0.2) is 0 Å². The van der Waals surface area contributed by atoms with E-state index in [4.69, 9.17) is 11.6 Å². The van der Waals surface area contributed by atoms with Gasteiger partial charge in [-0.05, 0) is 52.3 Å². The van der Waals surface area contributed by atoms with Crippen molar-refractivity contribution in [3.05, 3.63) is 58.1 Å². The standard InChI is InChI=1S/C21H25ClF3NO2S/c1-19(2,3)13-9-14(20(4,5)6)11-15(10-13)26-29(27,28)16-7-8-18(22)17(12-16)21(23,24)25/h7-12,26H,1-6H3. The van der Waals surface area contributed by atoms with Gasteiger partial charge in [0, 0.05) is 5.69 Å². The molecule has 0 bridgehead atoms. The van der Waals surface area contributed by atoms with Crippen molar-refractivity contribution in [1.29, 1.82) is 0 Å². The highest BCUT2D eigenvalue weighted by Crippen LogP contribution is 2.37. The molecule has 0 saturated carbocycles. The minimum atomic E-state index is -4.76. The summed E-state index contributed by atoms with van der Waals surface area (Å²) in [5, 5.41) is -0.554. The monoisotopic (exact) mass is 447 g/mol. The van der Waals surface area contributed by atoms with E-state index in [9.17, 15) is 21.6 Å². The molecule has 0 amide bonds. The minimum Gasteiger partial charge on any atom is -0.280 e. The van der Waals surface area contributed by atoms with E-state index < -0.39 is 31.7 Å². The lowest BCUT2D eigenvalue weighted by atomic mass is 9.80. The van der Waals surface area contributed by atoms with Gasteiger partial charge in [0.1, 0.15) is 0 Å². The van der Waals surface area contributed by atoms with Crippen molar-refractivity contribution >= 4 is 27.3 Å². The third-order valence-corrected chi connectivity index (χ3v) is 6.18. The predicted octanol–water partition coefficient (Wildman–Crippen LogP) is 6.75. The fraction of sp³-hybridized carbons (Fsp3) is 0.429. The summed E-state index contributed by atoms with van der Waals surface area (Å²) in [5.41, 5.74) is 0.437. The maximum Gasteiger partial charge on any atom is 0.417 e. The normalized spacial score (nSPS) is 13.4. The van der Waals surface area contributed by atoms with Crippen LogP contribution in [-0.4, -0.2) is 8.42 Å². The van der Waals surface area contributed by atoms with E-state index in [1.165, 1.54) is 0 Å². The van der Waals surface area contributed by atoms with Crippen LogP contribution in [0.2, 0.25) is 5.02 Å². The van der Waals surface area contributed by atoms with E-state index in [1.807, 2.05) is 47.6 Å². The molecule has 1 N–H and O–H groups in total. The molecule has 160 valence electrons.